The highest BCUT2D eigenvalue weighted by atomic mass is 16.5. The van der Waals surface area contributed by atoms with Gasteiger partial charge in [0.1, 0.15) is 6.10 Å². The first-order valence-corrected chi connectivity index (χ1v) is 14.6. The van der Waals surface area contributed by atoms with Gasteiger partial charge in [0.05, 0.1) is 58.3 Å². The summed E-state index contributed by atoms with van der Waals surface area (Å²) in [7, 11) is 3.98. The first-order chi connectivity index (χ1) is 19.7. The second kappa shape index (κ2) is 12.4. The maximum absolute atomic E-state index is 6.56. The Bertz CT molecular complexity index is 1460. The van der Waals surface area contributed by atoms with Gasteiger partial charge in [-0.25, -0.2) is 4.68 Å². The number of nitrogens with zero attached hydrogens (tertiary/aromatic N) is 7. The SMILES string of the molecule is CCO/C(N)=C1\C=C\c2n[nH]c3cnc(cc23)-c2c(C)nn(C)c2OC(C)CN(C)CC1=NC(C)CN1CCCC1. The fourth-order valence-electron chi connectivity index (χ4n) is 5.81. The van der Waals surface area contributed by atoms with E-state index in [1.54, 1.807) is 10.9 Å². The van der Waals surface area contributed by atoms with Crippen LogP contribution in [0.2, 0.25) is 0 Å². The number of allylic oxidation sites excluding steroid dienone is 1. The van der Waals surface area contributed by atoms with Gasteiger partial charge in [-0.05, 0) is 78.9 Å². The number of pyridine rings is 1. The largest absolute Gasteiger partial charge is 0.479 e. The number of likely N-dealkylation sites (tertiary alicyclic amines) is 1. The number of fused-ring (bicyclic) bond motifs is 3. The summed E-state index contributed by atoms with van der Waals surface area (Å²) in [4.78, 5) is 14.7. The molecule has 220 valence electrons. The molecular formula is C30H43N9O2. The molecule has 0 saturated carbocycles. The number of nitrogens with two attached hydrogens (primary N) is 1. The zero-order chi connectivity index (χ0) is 29.1. The standard InChI is InChI=1S/C30H43N9O2/c1-7-40-29(31)22-10-11-24-23-14-25(32-15-26(23)35-34-24)28-21(4)36-38(6)30(28)41-20(3)17-37(5)18-27(22)33-19(2)16-39-12-8-9-13-39/h10-11,14-15,19-20H,7-9,12-13,16-18,31H2,1-6H3,(H,34,35)/b11-10+,29-22+,33-27?. The summed E-state index contributed by atoms with van der Waals surface area (Å²) in [5.41, 5.74) is 12.3. The molecule has 3 aromatic heterocycles. The minimum absolute atomic E-state index is 0.102. The normalized spacial score (nSPS) is 22.8. The van der Waals surface area contributed by atoms with Crippen molar-refractivity contribution in [2.24, 2.45) is 17.8 Å². The van der Waals surface area contributed by atoms with Crippen LogP contribution in [-0.2, 0) is 11.8 Å². The zero-order valence-corrected chi connectivity index (χ0v) is 25.1. The van der Waals surface area contributed by atoms with Gasteiger partial charge in [-0.2, -0.15) is 10.2 Å². The highest BCUT2D eigenvalue weighted by Crippen LogP contribution is 2.34. The number of hydrogen-bond acceptors (Lipinski definition) is 9. The molecule has 2 unspecified atom stereocenters. The highest BCUT2D eigenvalue weighted by Gasteiger charge is 2.24. The molecule has 3 N–H and O–H groups in total. The number of aromatic nitrogens is 5. The van der Waals surface area contributed by atoms with E-state index in [9.17, 15) is 0 Å². The van der Waals surface area contributed by atoms with E-state index in [-0.39, 0.29) is 12.1 Å². The summed E-state index contributed by atoms with van der Waals surface area (Å²) in [6.07, 6.45) is 8.14. The Morgan fingerprint density at radius 3 is 2.80 bits per heavy atom. The molecule has 5 heterocycles. The van der Waals surface area contributed by atoms with E-state index in [4.69, 9.17) is 25.2 Å². The molecule has 0 aromatic carbocycles. The molecule has 11 heteroatoms. The summed E-state index contributed by atoms with van der Waals surface area (Å²) >= 11 is 0. The predicted molar refractivity (Wildman–Crippen MR) is 163 cm³/mol. The van der Waals surface area contributed by atoms with Gasteiger partial charge in [-0.15, -0.1) is 0 Å². The van der Waals surface area contributed by atoms with Crippen LogP contribution < -0.4 is 10.5 Å². The minimum atomic E-state index is -0.123. The molecule has 1 saturated heterocycles. The molecule has 0 spiro atoms. The lowest BCUT2D eigenvalue weighted by Gasteiger charge is -2.25. The average Bonchev–Trinajstić information content (AvgIpc) is 3.63. The third kappa shape index (κ3) is 6.46. The highest BCUT2D eigenvalue weighted by molar-refractivity contribution is 6.05. The van der Waals surface area contributed by atoms with E-state index in [1.807, 2.05) is 39.1 Å². The molecule has 3 aromatic rings. The van der Waals surface area contributed by atoms with Crippen molar-refractivity contribution in [3.05, 3.63) is 41.2 Å². The van der Waals surface area contributed by atoms with Crippen molar-refractivity contribution >= 4 is 22.7 Å². The Hall–Kier alpha value is -3.70. The maximum atomic E-state index is 6.56. The topological polar surface area (TPSA) is 123 Å². The van der Waals surface area contributed by atoms with Crippen molar-refractivity contribution in [2.45, 2.75) is 52.7 Å². The molecule has 2 bridgehead atoms. The lowest BCUT2D eigenvalue weighted by molar-refractivity contribution is 0.159. The van der Waals surface area contributed by atoms with Crippen LogP contribution in [0.3, 0.4) is 0 Å². The van der Waals surface area contributed by atoms with Crippen molar-refractivity contribution < 1.29 is 9.47 Å². The predicted octanol–water partition coefficient (Wildman–Crippen LogP) is 3.52. The van der Waals surface area contributed by atoms with Crippen LogP contribution in [0.25, 0.3) is 28.2 Å². The summed E-state index contributed by atoms with van der Waals surface area (Å²) in [5.74, 6) is 1.05. The Kier molecular flexibility index (Phi) is 8.74. The van der Waals surface area contributed by atoms with Gasteiger partial charge in [0, 0.05) is 32.1 Å². The van der Waals surface area contributed by atoms with Crippen LogP contribution in [0.5, 0.6) is 5.88 Å². The van der Waals surface area contributed by atoms with Crippen LogP contribution in [0.4, 0.5) is 0 Å². The number of nitrogens with one attached hydrogen (secondary N) is 1. The Morgan fingerprint density at radius 1 is 1.27 bits per heavy atom. The van der Waals surface area contributed by atoms with Gasteiger partial charge >= 0.3 is 0 Å². The van der Waals surface area contributed by atoms with E-state index in [2.05, 4.69) is 46.0 Å². The maximum Gasteiger partial charge on any atom is 0.221 e. The smallest absolute Gasteiger partial charge is 0.221 e. The average molecular weight is 562 g/mol. The van der Waals surface area contributed by atoms with Gasteiger partial charge in [-0.1, -0.05) is 0 Å². The summed E-state index contributed by atoms with van der Waals surface area (Å²) in [6, 6.07) is 2.14. The van der Waals surface area contributed by atoms with Crippen LogP contribution in [0.1, 0.15) is 45.0 Å². The number of H-pyrrole nitrogens is 1. The number of likely N-dealkylation sites (N-methyl/N-ethyl adjacent to an activating group) is 1. The molecule has 1 fully saturated rings. The van der Waals surface area contributed by atoms with E-state index >= 15 is 0 Å². The number of rotatable bonds is 5. The van der Waals surface area contributed by atoms with Gasteiger partial charge in [0.2, 0.25) is 5.88 Å². The number of aromatic amines is 1. The number of hydrogen-bond donors (Lipinski definition) is 2. The van der Waals surface area contributed by atoms with E-state index < -0.39 is 0 Å². The van der Waals surface area contributed by atoms with E-state index in [0.29, 0.717) is 31.5 Å². The van der Waals surface area contributed by atoms with E-state index in [0.717, 1.165) is 64.5 Å². The molecule has 41 heavy (non-hydrogen) atoms. The molecule has 0 radical (unpaired) electrons. The lowest BCUT2D eigenvalue weighted by atomic mass is 10.1. The summed E-state index contributed by atoms with van der Waals surface area (Å²) in [5, 5.41) is 13.3. The Morgan fingerprint density at radius 2 is 2.05 bits per heavy atom. The number of aryl methyl sites for hydroxylation is 2. The van der Waals surface area contributed by atoms with Crippen molar-refractivity contribution in [2.75, 3.05) is 46.4 Å². The fraction of sp³-hybridized carbons (Fsp3) is 0.533. The van der Waals surface area contributed by atoms with Gasteiger partial charge in [-0.3, -0.25) is 20.0 Å². The lowest BCUT2D eigenvalue weighted by Crippen LogP contribution is -2.37. The summed E-state index contributed by atoms with van der Waals surface area (Å²) in [6.45, 7) is 13.1. The van der Waals surface area contributed by atoms with Crippen molar-refractivity contribution in [1.29, 1.82) is 0 Å². The number of ether oxygens (including phenoxy) is 2. The Labute approximate surface area is 242 Å². The summed E-state index contributed by atoms with van der Waals surface area (Å²) < 4.78 is 14.2. The second-order valence-corrected chi connectivity index (χ2v) is 11.2. The first-order valence-electron chi connectivity index (χ1n) is 14.6. The van der Waals surface area contributed by atoms with Crippen LogP contribution >= 0.6 is 0 Å². The molecule has 2 aliphatic rings. The minimum Gasteiger partial charge on any atom is -0.479 e. The van der Waals surface area contributed by atoms with Gasteiger partial charge < -0.3 is 20.1 Å². The molecule has 2 atom stereocenters. The number of aliphatic imine (C=N–C) groups is 1. The quantitative estimate of drug-likeness (QED) is 0.454. The van der Waals surface area contributed by atoms with Crippen LogP contribution in [-0.4, -0.2) is 99.0 Å². The van der Waals surface area contributed by atoms with Gasteiger partial charge in [0.15, 0.2) is 5.88 Å². The van der Waals surface area contributed by atoms with Crippen molar-refractivity contribution in [3.8, 4) is 17.1 Å². The molecule has 5 rings (SSSR count). The van der Waals surface area contributed by atoms with Crippen LogP contribution in [0.15, 0.2) is 34.8 Å². The van der Waals surface area contributed by atoms with E-state index in [1.165, 1.54) is 12.8 Å². The van der Waals surface area contributed by atoms with Crippen molar-refractivity contribution in [3.63, 3.8) is 0 Å². The molecular weight excluding hydrogens is 518 g/mol. The molecule has 11 nitrogen and oxygen atoms in total. The first kappa shape index (κ1) is 28.8. The second-order valence-electron chi connectivity index (χ2n) is 11.2. The molecule has 2 aliphatic heterocycles. The van der Waals surface area contributed by atoms with Crippen molar-refractivity contribution in [1.82, 2.24) is 34.8 Å². The molecule has 0 amide bonds. The zero-order valence-electron chi connectivity index (χ0n) is 25.1. The Balaban J connectivity index is 1.62. The fourth-order valence-corrected chi connectivity index (χ4v) is 5.81. The third-order valence-electron chi connectivity index (χ3n) is 7.59. The third-order valence-corrected chi connectivity index (χ3v) is 7.59. The molecule has 0 aliphatic carbocycles. The van der Waals surface area contributed by atoms with Gasteiger partial charge in [0.25, 0.3) is 0 Å². The monoisotopic (exact) mass is 561 g/mol. The van der Waals surface area contributed by atoms with Crippen LogP contribution in [0, 0.1) is 6.92 Å².